The maximum absolute atomic E-state index is 11.6. The van der Waals surface area contributed by atoms with Crippen molar-refractivity contribution in [2.45, 2.75) is 0 Å². The summed E-state index contributed by atoms with van der Waals surface area (Å²) in [6, 6.07) is 8.61. The van der Waals surface area contributed by atoms with E-state index in [2.05, 4.69) is 21.6 Å². The van der Waals surface area contributed by atoms with E-state index >= 15 is 0 Å². The lowest BCUT2D eigenvalue weighted by atomic mass is 10.2. The number of benzene rings is 1. The Hall–Kier alpha value is -3.35. The number of esters is 1. The molecule has 124 valence electrons. The average molecular weight is 328 g/mol. The first-order valence-corrected chi connectivity index (χ1v) is 7.06. The molecule has 0 atom stereocenters. The Labute approximate surface area is 138 Å². The number of hydrogen-bond acceptors (Lipinski definition) is 6. The smallest absolute Gasteiger partial charge is 0.331 e. The van der Waals surface area contributed by atoms with Gasteiger partial charge in [0.1, 0.15) is 18.6 Å². The molecule has 1 aromatic heterocycles. The van der Waals surface area contributed by atoms with Crippen LogP contribution in [0.5, 0.6) is 5.75 Å². The summed E-state index contributed by atoms with van der Waals surface area (Å²) < 4.78 is 14.7. The van der Waals surface area contributed by atoms with Crippen LogP contribution in [0.15, 0.2) is 59.8 Å². The number of carbonyl (C=O) groups is 2. The zero-order valence-corrected chi connectivity index (χ0v) is 12.8. The largest absolute Gasteiger partial charge is 0.490 e. The third-order valence-corrected chi connectivity index (χ3v) is 2.71. The van der Waals surface area contributed by atoms with Crippen molar-refractivity contribution in [2.75, 3.05) is 18.5 Å². The van der Waals surface area contributed by atoms with Crippen molar-refractivity contribution in [3.63, 3.8) is 0 Å². The molecule has 0 fully saturated rings. The molecular weight excluding hydrogens is 312 g/mol. The van der Waals surface area contributed by atoms with Crippen LogP contribution in [0.4, 0.5) is 5.82 Å². The highest BCUT2D eigenvalue weighted by atomic mass is 16.5. The van der Waals surface area contributed by atoms with E-state index in [1.807, 2.05) is 0 Å². The van der Waals surface area contributed by atoms with Crippen molar-refractivity contribution in [3.05, 3.63) is 60.9 Å². The molecule has 0 radical (unpaired) electrons. The Balaban J connectivity index is 1.75. The zero-order valence-electron chi connectivity index (χ0n) is 12.8. The molecule has 0 aliphatic carbocycles. The second-order valence-electron chi connectivity index (χ2n) is 4.54. The number of rotatable bonds is 8. The van der Waals surface area contributed by atoms with Crippen LogP contribution in [0.1, 0.15) is 5.56 Å². The summed E-state index contributed by atoms with van der Waals surface area (Å²) in [7, 11) is 0. The lowest BCUT2D eigenvalue weighted by Gasteiger charge is -2.03. The van der Waals surface area contributed by atoms with Gasteiger partial charge < -0.3 is 19.3 Å². The van der Waals surface area contributed by atoms with E-state index in [-0.39, 0.29) is 5.82 Å². The quantitative estimate of drug-likeness (QED) is 0.455. The maximum Gasteiger partial charge on any atom is 0.331 e. The predicted octanol–water partition coefficient (Wildman–Crippen LogP) is 2.43. The SMILES string of the molecule is C=CCOc1ccc(/C=C/C(=O)OCC(=O)Nc2ccon2)cc1. The van der Waals surface area contributed by atoms with Crippen LogP contribution in [0.3, 0.4) is 0 Å². The number of anilines is 1. The molecule has 1 amide bonds. The molecular formula is C17H16N2O5. The van der Waals surface area contributed by atoms with Crippen molar-refractivity contribution in [2.24, 2.45) is 0 Å². The molecule has 0 bridgehead atoms. The van der Waals surface area contributed by atoms with Crippen LogP contribution in [-0.4, -0.2) is 30.2 Å². The van der Waals surface area contributed by atoms with Gasteiger partial charge in [0.25, 0.3) is 5.91 Å². The molecule has 1 aromatic carbocycles. The van der Waals surface area contributed by atoms with Crippen molar-refractivity contribution in [1.82, 2.24) is 5.16 Å². The second-order valence-corrected chi connectivity index (χ2v) is 4.54. The van der Waals surface area contributed by atoms with Gasteiger partial charge in [0.05, 0.1) is 0 Å². The van der Waals surface area contributed by atoms with Gasteiger partial charge in [-0.3, -0.25) is 4.79 Å². The number of nitrogens with one attached hydrogen (secondary N) is 1. The lowest BCUT2D eigenvalue weighted by Crippen LogP contribution is -2.20. The Morgan fingerprint density at radius 3 is 2.71 bits per heavy atom. The summed E-state index contributed by atoms with van der Waals surface area (Å²) in [4.78, 5) is 23.1. The Kier molecular flexibility index (Phi) is 6.34. The zero-order chi connectivity index (χ0) is 17.2. The first-order valence-electron chi connectivity index (χ1n) is 7.06. The van der Waals surface area contributed by atoms with Gasteiger partial charge in [-0.25, -0.2) is 4.79 Å². The monoisotopic (exact) mass is 328 g/mol. The highest BCUT2D eigenvalue weighted by Crippen LogP contribution is 2.13. The van der Waals surface area contributed by atoms with Gasteiger partial charge >= 0.3 is 5.97 Å². The van der Waals surface area contributed by atoms with E-state index in [0.29, 0.717) is 12.4 Å². The number of nitrogens with zero attached hydrogens (tertiary/aromatic N) is 1. The molecule has 7 heteroatoms. The second kappa shape index (κ2) is 8.94. The fourth-order valence-corrected chi connectivity index (χ4v) is 1.64. The molecule has 0 saturated heterocycles. The normalized spacial score (nSPS) is 10.3. The van der Waals surface area contributed by atoms with Crippen molar-refractivity contribution in [3.8, 4) is 5.75 Å². The summed E-state index contributed by atoms with van der Waals surface area (Å²) in [5, 5.41) is 5.92. The van der Waals surface area contributed by atoms with Gasteiger partial charge in [-0.05, 0) is 23.8 Å². The first-order chi connectivity index (χ1) is 11.7. The van der Waals surface area contributed by atoms with Crippen LogP contribution in [0.2, 0.25) is 0 Å². The number of amides is 1. The number of hydrogen-bond donors (Lipinski definition) is 1. The van der Waals surface area contributed by atoms with Crippen LogP contribution in [-0.2, 0) is 14.3 Å². The summed E-state index contributed by atoms with van der Waals surface area (Å²) in [6.45, 7) is 3.58. The molecule has 0 saturated carbocycles. The Morgan fingerprint density at radius 1 is 1.25 bits per heavy atom. The molecule has 0 unspecified atom stereocenters. The summed E-state index contributed by atoms with van der Waals surface area (Å²) in [5.41, 5.74) is 0.796. The van der Waals surface area contributed by atoms with Crippen LogP contribution < -0.4 is 10.1 Å². The first kappa shape index (κ1) is 17.0. The minimum atomic E-state index is -0.628. The van der Waals surface area contributed by atoms with E-state index in [1.54, 1.807) is 36.4 Å². The van der Waals surface area contributed by atoms with E-state index in [0.717, 1.165) is 5.56 Å². The van der Waals surface area contributed by atoms with E-state index < -0.39 is 18.5 Å². The van der Waals surface area contributed by atoms with E-state index in [1.165, 1.54) is 18.4 Å². The average Bonchev–Trinajstić information content (AvgIpc) is 3.10. The molecule has 2 rings (SSSR count). The Bertz CT molecular complexity index is 705. The van der Waals surface area contributed by atoms with Gasteiger partial charge in [-0.15, -0.1) is 0 Å². The molecule has 0 aliphatic heterocycles. The molecule has 7 nitrogen and oxygen atoms in total. The predicted molar refractivity (Wildman–Crippen MR) is 87.3 cm³/mol. The third-order valence-electron chi connectivity index (χ3n) is 2.71. The van der Waals surface area contributed by atoms with Gasteiger partial charge in [-0.1, -0.05) is 29.9 Å². The Morgan fingerprint density at radius 2 is 2.04 bits per heavy atom. The molecule has 0 spiro atoms. The van der Waals surface area contributed by atoms with E-state index in [4.69, 9.17) is 9.47 Å². The summed E-state index contributed by atoms with van der Waals surface area (Å²) >= 11 is 0. The van der Waals surface area contributed by atoms with Crippen LogP contribution >= 0.6 is 0 Å². The van der Waals surface area contributed by atoms with E-state index in [9.17, 15) is 9.59 Å². The standard InChI is InChI=1S/C17H16N2O5/c1-2-10-22-14-6-3-13(4-7-14)5-8-17(21)23-12-16(20)18-15-9-11-24-19-15/h2-9,11H,1,10,12H2,(H,18,19,20)/b8-5+. The van der Waals surface area contributed by atoms with Gasteiger partial charge in [-0.2, -0.15) is 0 Å². The number of aromatic nitrogens is 1. The number of carbonyl (C=O) groups excluding carboxylic acids is 2. The minimum Gasteiger partial charge on any atom is -0.490 e. The van der Waals surface area contributed by atoms with Crippen LogP contribution in [0.25, 0.3) is 6.08 Å². The van der Waals surface area contributed by atoms with Gasteiger partial charge in [0, 0.05) is 12.1 Å². The van der Waals surface area contributed by atoms with Crippen molar-refractivity contribution < 1.29 is 23.6 Å². The summed E-state index contributed by atoms with van der Waals surface area (Å²) in [5.74, 6) is -0.170. The third kappa shape index (κ3) is 5.80. The molecule has 0 aliphatic rings. The topological polar surface area (TPSA) is 90.7 Å². The molecule has 2 aromatic rings. The number of ether oxygens (including phenoxy) is 2. The highest BCUT2D eigenvalue weighted by molar-refractivity contribution is 5.93. The van der Waals surface area contributed by atoms with Gasteiger partial charge in [0.15, 0.2) is 12.4 Å². The summed E-state index contributed by atoms with van der Waals surface area (Å²) in [6.07, 6.45) is 5.79. The minimum absolute atomic E-state index is 0.255. The fourth-order valence-electron chi connectivity index (χ4n) is 1.64. The van der Waals surface area contributed by atoms with Crippen molar-refractivity contribution >= 4 is 23.8 Å². The highest BCUT2D eigenvalue weighted by Gasteiger charge is 2.07. The molecule has 1 N–H and O–H groups in total. The molecule has 24 heavy (non-hydrogen) atoms. The maximum atomic E-state index is 11.6. The van der Waals surface area contributed by atoms with Crippen LogP contribution in [0, 0.1) is 0 Å². The van der Waals surface area contributed by atoms with Gasteiger partial charge in [0.2, 0.25) is 0 Å². The van der Waals surface area contributed by atoms with Crippen molar-refractivity contribution in [1.29, 1.82) is 0 Å². The lowest BCUT2D eigenvalue weighted by molar-refractivity contribution is -0.142. The molecule has 1 heterocycles. The fraction of sp³-hybridized carbons (Fsp3) is 0.118.